The molecule has 1 aliphatic heterocycles. The van der Waals surface area contributed by atoms with Crippen molar-refractivity contribution in [2.24, 2.45) is 0 Å². The molecule has 1 atom stereocenters. The van der Waals surface area contributed by atoms with Gasteiger partial charge in [0.15, 0.2) is 11.5 Å². The summed E-state index contributed by atoms with van der Waals surface area (Å²) in [6.45, 7) is 4.45. The van der Waals surface area contributed by atoms with Crippen LogP contribution < -0.4 is 15.1 Å². The lowest BCUT2D eigenvalue weighted by atomic mass is 10.0. The maximum Gasteiger partial charge on any atom is 0.294 e. The molecule has 0 spiro atoms. The molecule has 2 fully saturated rings. The Morgan fingerprint density at radius 2 is 1.63 bits per heavy atom. The predicted octanol–water partition coefficient (Wildman–Crippen LogP) is 4.77. The number of carbonyl (C=O) groups excluding carboxylic acids is 3. The summed E-state index contributed by atoms with van der Waals surface area (Å²) >= 11 is 0. The highest BCUT2D eigenvalue weighted by Gasteiger charge is 2.36. The van der Waals surface area contributed by atoms with Crippen LogP contribution in [0, 0.1) is 0 Å². The second-order valence-corrected chi connectivity index (χ2v) is 9.84. The van der Waals surface area contributed by atoms with E-state index < -0.39 is 11.9 Å². The minimum Gasteiger partial charge on any atom is -0.459 e. The molecular formula is C30H33N3O5. The van der Waals surface area contributed by atoms with Gasteiger partial charge in [-0.3, -0.25) is 19.3 Å². The molecule has 198 valence electrons. The Hall–Kier alpha value is -3.91. The van der Waals surface area contributed by atoms with Crippen molar-refractivity contribution < 1.29 is 23.5 Å². The van der Waals surface area contributed by atoms with E-state index in [9.17, 15) is 14.4 Å². The van der Waals surface area contributed by atoms with Crippen molar-refractivity contribution in [1.29, 1.82) is 0 Å². The molecule has 2 aliphatic rings. The summed E-state index contributed by atoms with van der Waals surface area (Å²) in [6.07, 6.45) is 5.44. The van der Waals surface area contributed by atoms with E-state index in [1.54, 1.807) is 36.4 Å². The first-order chi connectivity index (χ1) is 18.5. The third-order valence-electron chi connectivity index (χ3n) is 7.30. The van der Waals surface area contributed by atoms with Crippen molar-refractivity contribution in [3.8, 4) is 0 Å². The fraction of sp³-hybridized carbons (Fsp3) is 0.367. The molecule has 8 nitrogen and oxygen atoms in total. The number of amides is 2. The standard InChI is InChI=1S/C30H33N3O5/c1-21(34)22-8-14-26(15-9-22)33(30(36)27-7-4-18-38-27)28(29(35)31-24-5-2-3-6-24)23-10-12-25(13-11-23)32-16-19-37-20-17-32/h4,7-15,18,24,28H,2-3,5-6,16-17,19-20H2,1H3,(H,31,35)/t28-/m1/s1. The van der Waals surface area contributed by atoms with Crippen LogP contribution in [0.3, 0.4) is 0 Å². The number of ketones is 1. The van der Waals surface area contributed by atoms with Gasteiger partial charge in [-0.15, -0.1) is 0 Å². The Bertz CT molecular complexity index is 1240. The fourth-order valence-electron chi connectivity index (χ4n) is 5.22. The highest BCUT2D eigenvalue weighted by molar-refractivity contribution is 6.09. The van der Waals surface area contributed by atoms with E-state index in [0.717, 1.165) is 44.5 Å². The van der Waals surface area contributed by atoms with E-state index in [1.165, 1.54) is 18.1 Å². The number of nitrogens with one attached hydrogen (secondary N) is 1. The normalized spacial score (nSPS) is 16.7. The molecule has 5 rings (SSSR count). The highest BCUT2D eigenvalue weighted by atomic mass is 16.5. The lowest BCUT2D eigenvalue weighted by Crippen LogP contribution is -2.46. The molecule has 1 N–H and O–H groups in total. The van der Waals surface area contributed by atoms with Gasteiger partial charge in [0, 0.05) is 36.1 Å². The number of carbonyl (C=O) groups is 3. The van der Waals surface area contributed by atoms with Crippen molar-refractivity contribution in [3.63, 3.8) is 0 Å². The molecule has 0 radical (unpaired) electrons. The summed E-state index contributed by atoms with van der Waals surface area (Å²) in [5.74, 6) is -0.625. The largest absolute Gasteiger partial charge is 0.459 e. The van der Waals surface area contributed by atoms with Crippen LogP contribution in [0.25, 0.3) is 0 Å². The summed E-state index contributed by atoms with van der Waals surface area (Å²) in [4.78, 5) is 43.4. The van der Waals surface area contributed by atoms with Gasteiger partial charge in [0.1, 0.15) is 6.04 Å². The molecule has 0 unspecified atom stereocenters. The van der Waals surface area contributed by atoms with Crippen LogP contribution in [-0.2, 0) is 9.53 Å². The second-order valence-electron chi connectivity index (χ2n) is 9.84. The maximum absolute atomic E-state index is 13.9. The number of rotatable bonds is 8. The van der Waals surface area contributed by atoms with Crippen molar-refractivity contribution in [2.45, 2.75) is 44.7 Å². The first-order valence-corrected chi connectivity index (χ1v) is 13.2. The number of benzene rings is 2. The second kappa shape index (κ2) is 11.6. The van der Waals surface area contributed by atoms with Crippen molar-refractivity contribution in [3.05, 3.63) is 83.8 Å². The van der Waals surface area contributed by atoms with Crippen LogP contribution in [-0.4, -0.2) is 49.9 Å². The van der Waals surface area contributed by atoms with Gasteiger partial charge in [-0.1, -0.05) is 25.0 Å². The average Bonchev–Trinajstić information content (AvgIpc) is 3.67. The number of Topliss-reactive ketones (excluding diaryl/α,β-unsaturated/α-hetero) is 1. The Kier molecular flexibility index (Phi) is 7.89. The number of hydrogen-bond acceptors (Lipinski definition) is 6. The number of furan rings is 1. The predicted molar refractivity (Wildman–Crippen MR) is 145 cm³/mol. The fourth-order valence-corrected chi connectivity index (χ4v) is 5.22. The minimum atomic E-state index is -0.935. The maximum atomic E-state index is 13.9. The van der Waals surface area contributed by atoms with Gasteiger partial charge in [0.05, 0.1) is 19.5 Å². The molecule has 8 heteroatoms. The SMILES string of the molecule is CC(=O)c1ccc(N(C(=O)c2ccco2)[C@@H](C(=O)NC2CCCC2)c2ccc(N3CCOCC3)cc2)cc1. The summed E-state index contributed by atoms with van der Waals surface area (Å²) in [7, 11) is 0. The van der Waals surface area contributed by atoms with Gasteiger partial charge in [-0.05, 0) is 73.9 Å². The monoisotopic (exact) mass is 515 g/mol. The number of ether oxygens (including phenoxy) is 1. The van der Waals surface area contributed by atoms with Crippen molar-refractivity contribution >= 4 is 29.0 Å². The average molecular weight is 516 g/mol. The van der Waals surface area contributed by atoms with Crippen LogP contribution >= 0.6 is 0 Å². The summed E-state index contributed by atoms with van der Waals surface area (Å²) < 4.78 is 10.9. The van der Waals surface area contributed by atoms with Crippen LogP contribution in [0.1, 0.15) is 65.1 Å². The number of anilines is 2. The Morgan fingerprint density at radius 1 is 0.947 bits per heavy atom. The zero-order chi connectivity index (χ0) is 26.5. The molecule has 3 aromatic rings. The van der Waals surface area contributed by atoms with Crippen LogP contribution in [0.4, 0.5) is 11.4 Å². The number of morpholine rings is 1. The number of nitrogens with zero attached hydrogens (tertiary/aromatic N) is 2. The van der Waals surface area contributed by atoms with Gasteiger partial charge in [-0.2, -0.15) is 0 Å². The van der Waals surface area contributed by atoms with Crippen LogP contribution in [0.15, 0.2) is 71.3 Å². The molecule has 2 aromatic carbocycles. The van der Waals surface area contributed by atoms with Crippen molar-refractivity contribution in [2.75, 3.05) is 36.1 Å². The smallest absolute Gasteiger partial charge is 0.294 e. The van der Waals surface area contributed by atoms with E-state index in [0.29, 0.717) is 30.0 Å². The van der Waals surface area contributed by atoms with Crippen LogP contribution in [0.2, 0.25) is 0 Å². The minimum absolute atomic E-state index is 0.0744. The topological polar surface area (TPSA) is 92.1 Å². The summed E-state index contributed by atoms with van der Waals surface area (Å²) in [5.41, 5.74) is 2.76. The summed E-state index contributed by atoms with van der Waals surface area (Å²) in [5, 5.41) is 3.19. The van der Waals surface area contributed by atoms with Gasteiger partial charge in [-0.25, -0.2) is 0 Å². The van der Waals surface area contributed by atoms with Gasteiger partial charge in [0.2, 0.25) is 5.91 Å². The molecule has 2 amide bonds. The molecular weight excluding hydrogens is 482 g/mol. The quantitative estimate of drug-likeness (QED) is 0.435. The molecule has 1 aromatic heterocycles. The van der Waals surface area contributed by atoms with Crippen LogP contribution in [0.5, 0.6) is 0 Å². The zero-order valence-electron chi connectivity index (χ0n) is 21.6. The van der Waals surface area contributed by atoms with E-state index in [2.05, 4.69) is 10.2 Å². The molecule has 2 heterocycles. The lowest BCUT2D eigenvalue weighted by Gasteiger charge is -2.33. The van der Waals surface area contributed by atoms with E-state index in [1.807, 2.05) is 24.3 Å². The molecule has 1 saturated heterocycles. The first-order valence-electron chi connectivity index (χ1n) is 13.2. The van der Waals surface area contributed by atoms with E-state index in [-0.39, 0.29) is 23.5 Å². The van der Waals surface area contributed by atoms with Gasteiger partial charge >= 0.3 is 0 Å². The van der Waals surface area contributed by atoms with Crippen molar-refractivity contribution in [1.82, 2.24) is 5.32 Å². The third-order valence-corrected chi connectivity index (χ3v) is 7.30. The molecule has 1 aliphatic carbocycles. The highest BCUT2D eigenvalue weighted by Crippen LogP contribution is 2.32. The van der Waals surface area contributed by atoms with E-state index >= 15 is 0 Å². The number of hydrogen-bond donors (Lipinski definition) is 1. The Labute approximate surface area is 222 Å². The molecule has 38 heavy (non-hydrogen) atoms. The zero-order valence-corrected chi connectivity index (χ0v) is 21.6. The third kappa shape index (κ3) is 5.65. The molecule has 0 bridgehead atoms. The molecule has 1 saturated carbocycles. The Balaban J connectivity index is 1.55. The first kappa shape index (κ1) is 25.7. The lowest BCUT2D eigenvalue weighted by molar-refractivity contribution is -0.123. The van der Waals surface area contributed by atoms with E-state index in [4.69, 9.17) is 9.15 Å². The Morgan fingerprint density at radius 3 is 2.24 bits per heavy atom. The van der Waals surface area contributed by atoms with Gasteiger partial charge < -0.3 is 19.4 Å². The summed E-state index contributed by atoms with van der Waals surface area (Å²) in [6, 6.07) is 16.9. The van der Waals surface area contributed by atoms with Gasteiger partial charge in [0.25, 0.3) is 5.91 Å².